The number of ether oxygens (including phenoxy) is 1. The summed E-state index contributed by atoms with van der Waals surface area (Å²) < 4.78 is 5.29. The van der Waals surface area contributed by atoms with Crippen molar-refractivity contribution in [2.45, 2.75) is 64.1 Å². The van der Waals surface area contributed by atoms with Crippen LogP contribution in [0.15, 0.2) is 0 Å². The predicted molar refractivity (Wildman–Crippen MR) is 79.8 cm³/mol. The minimum atomic E-state index is -0.424. The molecule has 1 saturated carbocycles. The van der Waals surface area contributed by atoms with Gasteiger partial charge in [-0.05, 0) is 52.5 Å². The minimum absolute atomic E-state index is 0.300. The van der Waals surface area contributed by atoms with Gasteiger partial charge in [-0.3, -0.25) is 0 Å². The molecule has 0 spiro atoms. The Labute approximate surface area is 122 Å². The van der Waals surface area contributed by atoms with Crippen molar-refractivity contribution in [1.29, 1.82) is 0 Å². The van der Waals surface area contributed by atoms with Crippen LogP contribution in [0.4, 0.5) is 4.79 Å². The van der Waals surface area contributed by atoms with Crippen molar-refractivity contribution >= 4 is 6.09 Å². The summed E-state index contributed by atoms with van der Waals surface area (Å²) in [4.78, 5) is 11.7. The molecule has 0 aromatic heterocycles. The second kappa shape index (κ2) is 6.76. The van der Waals surface area contributed by atoms with Crippen molar-refractivity contribution < 1.29 is 9.53 Å². The Morgan fingerprint density at radius 1 is 1.30 bits per heavy atom. The van der Waals surface area contributed by atoms with Crippen LogP contribution in [0.25, 0.3) is 0 Å². The Hall–Kier alpha value is -0.810. The van der Waals surface area contributed by atoms with Crippen LogP contribution in [0.2, 0.25) is 0 Å². The lowest BCUT2D eigenvalue weighted by molar-refractivity contribution is 0.0517. The Morgan fingerprint density at radius 3 is 2.75 bits per heavy atom. The molecule has 3 unspecified atom stereocenters. The number of hydrogen-bond acceptors (Lipinski definition) is 4. The number of carbonyl (C=O) groups excluding carboxylic acids is 1. The van der Waals surface area contributed by atoms with Crippen molar-refractivity contribution in [3.05, 3.63) is 0 Å². The molecule has 0 aromatic rings. The number of rotatable bonds is 4. The van der Waals surface area contributed by atoms with Crippen LogP contribution in [0.5, 0.6) is 0 Å². The largest absolute Gasteiger partial charge is 0.444 e. The zero-order chi connectivity index (χ0) is 14.6. The summed E-state index contributed by atoms with van der Waals surface area (Å²) in [6, 6.07) is 1.14. The van der Waals surface area contributed by atoms with Crippen molar-refractivity contribution in [3.63, 3.8) is 0 Å². The van der Waals surface area contributed by atoms with E-state index >= 15 is 0 Å². The van der Waals surface area contributed by atoms with E-state index in [9.17, 15) is 4.79 Å². The molecule has 116 valence electrons. The molecule has 1 amide bonds. The van der Waals surface area contributed by atoms with Gasteiger partial charge >= 0.3 is 6.09 Å². The molecule has 0 bridgehead atoms. The third-order valence-electron chi connectivity index (χ3n) is 4.08. The van der Waals surface area contributed by atoms with E-state index in [1.165, 1.54) is 25.7 Å². The third-order valence-corrected chi connectivity index (χ3v) is 4.08. The molecule has 3 N–H and O–H groups in total. The lowest BCUT2D eigenvalue weighted by atomic mass is 10.0. The van der Waals surface area contributed by atoms with Gasteiger partial charge in [0.2, 0.25) is 0 Å². The molecule has 2 aliphatic rings. The molecule has 0 radical (unpaired) electrons. The fraction of sp³-hybridized carbons (Fsp3) is 0.933. The maximum atomic E-state index is 11.7. The van der Waals surface area contributed by atoms with Crippen molar-refractivity contribution in [3.8, 4) is 0 Å². The molecular weight excluding hydrogens is 254 g/mol. The van der Waals surface area contributed by atoms with E-state index in [0.717, 1.165) is 13.1 Å². The first-order valence-corrected chi connectivity index (χ1v) is 7.87. The molecule has 1 heterocycles. The van der Waals surface area contributed by atoms with Gasteiger partial charge < -0.3 is 20.7 Å². The van der Waals surface area contributed by atoms with E-state index in [-0.39, 0.29) is 6.09 Å². The average molecular weight is 283 g/mol. The van der Waals surface area contributed by atoms with E-state index in [0.29, 0.717) is 24.5 Å². The zero-order valence-electron chi connectivity index (χ0n) is 13.0. The van der Waals surface area contributed by atoms with Gasteiger partial charge in [0.15, 0.2) is 0 Å². The highest BCUT2D eigenvalue weighted by Crippen LogP contribution is 2.26. The van der Waals surface area contributed by atoms with E-state index in [1.807, 2.05) is 20.8 Å². The lowest BCUT2D eigenvalue weighted by Crippen LogP contribution is -2.45. The number of hydrogen-bond donors (Lipinski definition) is 3. The molecule has 2 rings (SSSR count). The first kappa shape index (κ1) is 15.6. The quantitative estimate of drug-likeness (QED) is 0.734. The third kappa shape index (κ3) is 4.94. The number of nitrogens with one attached hydrogen (secondary N) is 3. The molecule has 1 aliphatic carbocycles. The molecule has 0 aromatic carbocycles. The van der Waals surface area contributed by atoms with Gasteiger partial charge in [-0.15, -0.1) is 0 Å². The van der Waals surface area contributed by atoms with Gasteiger partial charge in [-0.1, -0.05) is 6.42 Å². The second-order valence-corrected chi connectivity index (χ2v) is 7.04. The first-order valence-electron chi connectivity index (χ1n) is 7.87. The SMILES string of the molecule is CC(C)(C)OC(=O)NCC1CCCC1NC1CCNC1. The highest BCUT2D eigenvalue weighted by molar-refractivity contribution is 5.67. The fourth-order valence-electron chi connectivity index (χ4n) is 3.13. The summed E-state index contributed by atoms with van der Waals surface area (Å²) in [6.07, 6.45) is 4.57. The van der Waals surface area contributed by atoms with Gasteiger partial charge in [0, 0.05) is 25.2 Å². The zero-order valence-corrected chi connectivity index (χ0v) is 13.0. The van der Waals surface area contributed by atoms with E-state index < -0.39 is 5.60 Å². The molecular formula is C15H29N3O2. The fourth-order valence-corrected chi connectivity index (χ4v) is 3.13. The van der Waals surface area contributed by atoms with Crippen LogP contribution in [0.3, 0.4) is 0 Å². The van der Waals surface area contributed by atoms with Crippen molar-refractivity contribution in [1.82, 2.24) is 16.0 Å². The molecule has 3 atom stereocenters. The number of alkyl carbamates (subject to hydrolysis) is 1. The summed E-state index contributed by atoms with van der Waals surface area (Å²) in [6.45, 7) is 8.57. The topological polar surface area (TPSA) is 62.4 Å². The summed E-state index contributed by atoms with van der Waals surface area (Å²) in [5, 5.41) is 10.0. The van der Waals surface area contributed by atoms with E-state index in [1.54, 1.807) is 0 Å². The minimum Gasteiger partial charge on any atom is -0.444 e. The number of carbonyl (C=O) groups is 1. The van der Waals surface area contributed by atoms with Crippen molar-refractivity contribution in [2.75, 3.05) is 19.6 Å². The molecule has 1 saturated heterocycles. The van der Waals surface area contributed by atoms with Crippen LogP contribution in [-0.2, 0) is 4.74 Å². The normalized spacial score (nSPS) is 30.4. The highest BCUT2D eigenvalue weighted by atomic mass is 16.6. The van der Waals surface area contributed by atoms with Gasteiger partial charge in [0.05, 0.1) is 0 Å². The van der Waals surface area contributed by atoms with Gasteiger partial charge in [-0.25, -0.2) is 4.79 Å². The Balaban J connectivity index is 1.72. The van der Waals surface area contributed by atoms with Crippen LogP contribution in [-0.4, -0.2) is 43.4 Å². The van der Waals surface area contributed by atoms with E-state index in [4.69, 9.17) is 4.74 Å². The van der Waals surface area contributed by atoms with E-state index in [2.05, 4.69) is 16.0 Å². The Morgan fingerprint density at radius 2 is 2.10 bits per heavy atom. The van der Waals surface area contributed by atoms with Crippen LogP contribution in [0, 0.1) is 5.92 Å². The first-order chi connectivity index (χ1) is 9.44. The smallest absolute Gasteiger partial charge is 0.407 e. The molecule has 20 heavy (non-hydrogen) atoms. The summed E-state index contributed by atoms with van der Waals surface area (Å²) >= 11 is 0. The summed E-state index contributed by atoms with van der Waals surface area (Å²) in [7, 11) is 0. The standard InChI is InChI=1S/C15H29N3O2/c1-15(2,3)20-14(19)17-9-11-5-4-6-13(11)18-12-7-8-16-10-12/h11-13,16,18H,4-10H2,1-3H3,(H,17,19). The van der Waals surface area contributed by atoms with Crippen LogP contribution >= 0.6 is 0 Å². The molecule has 5 nitrogen and oxygen atoms in total. The molecule has 1 aliphatic heterocycles. The van der Waals surface area contributed by atoms with Gasteiger partial charge in [-0.2, -0.15) is 0 Å². The lowest BCUT2D eigenvalue weighted by Gasteiger charge is -2.25. The maximum absolute atomic E-state index is 11.7. The predicted octanol–water partition coefficient (Wildman–Crippen LogP) is 1.63. The summed E-state index contributed by atoms with van der Waals surface area (Å²) in [5.41, 5.74) is -0.424. The number of amides is 1. The van der Waals surface area contributed by atoms with Crippen LogP contribution in [0.1, 0.15) is 46.5 Å². The Kier molecular flexibility index (Phi) is 5.27. The monoisotopic (exact) mass is 283 g/mol. The molecule has 2 fully saturated rings. The van der Waals surface area contributed by atoms with Crippen LogP contribution < -0.4 is 16.0 Å². The highest BCUT2D eigenvalue weighted by Gasteiger charge is 2.30. The molecule has 5 heteroatoms. The van der Waals surface area contributed by atoms with Crippen molar-refractivity contribution in [2.24, 2.45) is 5.92 Å². The Bertz CT molecular complexity index is 322. The second-order valence-electron chi connectivity index (χ2n) is 7.04. The average Bonchev–Trinajstić information content (AvgIpc) is 2.96. The van der Waals surface area contributed by atoms with Gasteiger partial charge in [0.25, 0.3) is 0 Å². The maximum Gasteiger partial charge on any atom is 0.407 e. The van der Waals surface area contributed by atoms with Gasteiger partial charge in [0.1, 0.15) is 5.60 Å². The summed E-state index contributed by atoms with van der Waals surface area (Å²) in [5.74, 6) is 0.531.